The van der Waals surface area contributed by atoms with E-state index in [1.807, 2.05) is 74.6 Å². The van der Waals surface area contributed by atoms with Crippen LogP contribution in [0, 0.1) is 13.0 Å². The van der Waals surface area contributed by atoms with E-state index in [1.54, 1.807) is 6.07 Å². The summed E-state index contributed by atoms with van der Waals surface area (Å²) in [6.45, 7) is 12.7. The maximum absolute atomic E-state index is 11.5. The summed E-state index contributed by atoms with van der Waals surface area (Å²) in [7, 11) is 0. The molecule has 9 rings (SSSR count). The van der Waals surface area contributed by atoms with Gasteiger partial charge in [-0.2, -0.15) is 0 Å². The molecule has 2 heterocycles. The van der Waals surface area contributed by atoms with E-state index >= 15 is 0 Å². The van der Waals surface area contributed by atoms with Crippen molar-refractivity contribution in [1.29, 1.82) is 0 Å². The summed E-state index contributed by atoms with van der Waals surface area (Å²) in [5.41, 5.74) is 16.0. The summed E-state index contributed by atoms with van der Waals surface area (Å²) in [4.78, 5) is 10.4. The molecule has 0 spiro atoms. The van der Waals surface area contributed by atoms with Crippen LogP contribution in [0.25, 0.3) is 83.9 Å². The van der Waals surface area contributed by atoms with Gasteiger partial charge in [0.15, 0.2) is 0 Å². The number of benzene rings is 7. The molecule has 4 nitrogen and oxygen atoms in total. The molecule has 0 aliphatic carbocycles. The average Bonchev–Trinajstić information content (AvgIpc) is 3.66. The van der Waals surface area contributed by atoms with Crippen molar-refractivity contribution in [3.63, 3.8) is 0 Å². The van der Waals surface area contributed by atoms with Gasteiger partial charge in [0.1, 0.15) is 11.6 Å². The van der Waals surface area contributed by atoms with Gasteiger partial charge in [-0.1, -0.05) is 167 Å². The molecule has 0 aliphatic rings. The third kappa shape index (κ3) is 8.13. The van der Waals surface area contributed by atoms with E-state index in [1.165, 1.54) is 5.56 Å². The van der Waals surface area contributed by atoms with Gasteiger partial charge in [0.2, 0.25) is 0 Å². The monoisotopic (exact) mass is 974 g/mol. The number of hydrogen-bond acceptors (Lipinski definition) is 3. The Kier molecular flexibility index (Phi) is 11.1. The molecule has 7 aromatic carbocycles. The van der Waals surface area contributed by atoms with Gasteiger partial charge < -0.3 is 5.11 Å². The average molecular weight is 975 g/mol. The van der Waals surface area contributed by atoms with E-state index in [9.17, 15) is 6.48 Å². The van der Waals surface area contributed by atoms with Crippen molar-refractivity contribution in [2.75, 3.05) is 0 Å². The third-order valence-corrected chi connectivity index (χ3v) is 11.4. The number of para-hydroxylation sites is 2. The van der Waals surface area contributed by atoms with Gasteiger partial charge >= 0.3 is 0 Å². The zero-order valence-corrected chi connectivity index (χ0v) is 37.5. The van der Waals surface area contributed by atoms with Crippen LogP contribution in [0.4, 0.5) is 0 Å². The zero-order chi connectivity index (χ0) is 42.5. The molecule has 0 unspecified atom stereocenters. The SMILES string of the molecule is [2H]C(C)(C)c1cc(-c2ccccc2)c(-n2c(-c3ccccc3O)nc3c(-c4[c-]c(-c5cc(-c6ccc(C)cc6)ccn5)cc(C(C)(C)C)c4)cccc32)cc1-c1ccccc1.[Pt]. The van der Waals surface area contributed by atoms with Gasteiger partial charge in [0.05, 0.1) is 22.3 Å². The van der Waals surface area contributed by atoms with Gasteiger partial charge in [-0.15, -0.1) is 29.3 Å². The molecule has 5 heteroatoms. The zero-order valence-electron chi connectivity index (χ0n) is 36.3. The molecule has 61 heavy (non-hydrogen) atoms. The van der Waals surface area contributed by atoms with E-state index < -0.39 is 5.89 Å². The first-order chi connectivity index (χ1) is 29.3. The van der Waals surface area contributed by atoms with Crippen molar-refractivity contribution in [2.45, 2.75) is 52.9 Å². The Morgan fingerprint density at radius 2 is 1.26 bits per heavy atom. The van der Waals surface area contributed by atoms with Crippen LogP contribution in [0.1, 0.15) is 58.6 Å². The van der Waals surface area contributed by atoms with Crippen LogP contribution in [-0.2, 0) is 26.5 Å². The molecule has 1 N–H and O–H groups in total. The fraction of sp³-hybridized carbons (Fsp3) is 0.143. The Balaban J connectivity index is 0.00000529. The van der Waals surface area contributed by atoms with E-state index in [0.717, 1.165) is 83.6 Å². The summed E-state index contributed by atoms with van der Waals surface area (Å²) < 4.78 is 11.6. The molecule has 0 saturated heterocycles. The number of phenolic OH excluding ortho intramolecular Hbond substituents is 1. The van der Waals surface area contributed by atoms with Crippen LogP contribution in [0.5, 0.6) is 5.75 Å². The van der Waals surface area contributed by atoms with Crippen LogP contribution in [0.15, 0.2) is 170 Å². The topological polar surface area (TPSA) is 50.9 Å². The number of aryl methyl sites for hydroxylation is 1. The first kappa shape index (κ1) is 40.1. The minimum Gasteiger partial charge on any atom is -0.507 e. The van der Waals surface area contributed by atoms with Crippen molar-refractivity contribution in [3.05, 3.63) is 193 Å². The Morgan fingerprint density at radius 3 is 1.93 bits per heavy atom. The van der Waals surface area contributed by atoms with Crippen molar-refractivity contribution < 1.29 is 27.5 Å². The molecule has 0 saturated carbocycles. The third-order valence-electron chi connectivity index (χ3n) is 11.4. The molecule has 0 bridgehead atoms. The van der Waals surface area contributed by atoms with Crippen LogP contribution in [0.3, 0.4) is 0 Å². The van der Waals surface area contributed by atoms with Gasteiger partial charge in [0, 0.05) is 39.9 Å². The summed E-state index contributed by atoms with van der Waals surface area (Å²) in [6, 6.07) is 59.8. The molecule has 0 amide bonds. The number of imidazole rings is 1. The number of nitrogens with zero attached hydrogens (tertiary/aromatic N) is 3. The maximum atomic E-state index is 11.5. The fourth-order valence-electron chi connectivity index (χ4n) is 8.09. The predicted octanol–water partition coefficient (Wildman–Crippen LogP) is 14.7. The first-order valence-corrected chi connectivity index (χ1v) is 20.5. The number of hydrogen-bond donors (Lipinski definition) is 1. The van der Waals surface area contributed by atoms with Crippen molar-refractivity contribution in [2.24, 2.45) is 0 Å². The molecular formula is C56H48N3OPt-. The second kappa shape index (κ2) is 17.0. The summed E-state index contributed by atoms with van der Waals surface area (Å²) in [6.07, 6.45) is 1.88. The smallest absolute Gasteiger partial charge is 0.148 e. The minimum absolute atomic E-state index is 0. The van der Waals surface area contributed by atoms with Gasteiger partial charge in [-0.3, -0.25) is 9.55 Å². The minimum atomic E-state index is -0.905. The number of aromatic hydroxyl groups is 1. The van der Waals surface area contributed by atoms with Crippen LogP contribution >= 0.6 is 0 Å². The van der Waals surface area contributed by atoms with E-state index in [4.69, 9.17) is 9.97 Å². The summed E-state index contributed by atoms with van der Waals surface area (Å²) in [5.74, 6) is -0.163. The molecule has 0 radical (unpaired) electrons. The first-order valence-electron chi connectivity index (χ1n) is 21.0. The number of rotatable bonds is 8. The van der Waals surface area contributed by atoms with Gasteiger partial charge in [0.25, 0.3) is 0 Å². The Labute approximate surface area is 375 Å². The van der Waals surface area contributed by atoms with Gasteiger partial charge in [-0.25, -0.2) is 4.98 Å². The van der Waals surface area contributed by atoms with E-state index in [-0.39, 0.29) is 32.2 Å². The van der Waals surface area contributed by atoms with E-state index in [2.05, 4.69) is 141 Å². The van der Waals surface area contributed by atoms with Crippen molar-refractivity contribution in [3.8, 4) is 78.6 Å². The molecule has 0 aliphatic heterocycles. The Morgan fingerprint density at radius 1 is 0.623 bits per heavy atom. The number of fused-ring (bicyclic) bond motifs is 1. The maximum Gasteiger partial charge on any atom is 0.148 e. The second-order valence-corrected chi connectivity index (χ2v) is 16.9. The number of aromatic nitrogens is 3. The normalized spacial score (nSPS) is 11.9. The molecule has 9 aromatic rings. The van der Waals surface area contributed by atoms with E-state index in [0.29, 0.717) is 11.4 Å². The van der Waals surface area contributed by atoms with Crippen LogP contribution in [-0.4, -0.2) is 19.6 Å². The molecule has 0 fully saturated rings. The molecule has 2 aromatic heterocycles. The number of phenols is 1. The summed E-state index contributed by atoms with van der Waals surface area (Å²) >= 11 is 0. The largest absolute Gasteiger partial charge is 0.507 e. The predicted molar refractivity (Wildman–Crippen MR) is 250 cm³/mol. The molecule has 304 valence electrons. The molecule has 0 atom stereocenters. The van der Waals surface area contributed by atoms with Gasteiger partial charge in [-0.05, 0) is 88.0 Å². The molecular weight excluding hydrogens is 926 g/mol. The van der Waals surface area contributed by atoms with Crippen molar-refractivity contribution in [1.82, 2.24) is 14.5 Å². The standard InChI is InChI=1S/C56H48N3O.Pt/c1-36(2)47-34-49(40-18-11-8-12-19-40)52(35-48(47)39-16-9-7-10-17-39)59-51-22-15-21-45(54(51)58-55(59)46-20-13-14-23-53(46)60)42-30-43(32-44(31-42)56(4,5)6)50-33-41(28-29-57-50)38-26-24-37(3)25-27-38;/h7-29,31-36,60H,1-6H3;/q-1;/i36D;. The number of pyridine rings is 1. The quantitative estimate of drug-likeness (QED) is 0.154. The summed E-state index contributed by atoms with van der Waals surface area (Å²) in [5, 5.41) is 11.5. The Hall–Kier alpha value is -6.35. The van der Waals surface area contributed by atoms with Crippen LogP contribution in [0.2, 0.25) is 0 Å². The Bertz CT molecular complexity index is 3050. The van der Waals surface area contributed by atoms with Crippen molar-refractivity contribution >= 4 is 11.0 Å². The fourth-order valence-corrected chi connectivity index (χ4v) is 8.09. The second-order valence-electron chi connectivity index (χ2n) is 16.9. The van der Waals surface area contributed by atoms with Crippen LogP contribution < -0.4 is 0 Å².